The van der Waals surface area contributed by atoms with Crippen LogP contribution in [0, 0.1) is 12.8 Å². The Bertz CT molecular complexity index is 331. The summed E-state index contributed by atoms with van der Waals surface area (Å²) >= 11 is 0. The highest BCUT2D eigenvalue weighted by atomic mass is 16.4. The topological polar surface area (TPSA) is 54.2 Å². The van der Waals surface area contributed by atoms with Crippen LogP contribution in [0.5, 0.6) is 0 Å². The third kappa shape index (κ3) is 3.78. The molecule has 2 rings (SSSR count). The Hall–Kier alpha value is -0.940. The van der Waals surface area contributed by atoms with Gasteiger partial charge in [-0.05, 0) is 51.9 Å². The summed E-state index contributed by atoms with van der Waals surface area (Å²) in [5.74, 6) is 2.28. The maximum absolute atomic E-state index is 5.40. The number of hydrogen-bond acceptors (Lipinski definition) is 5. The van der Waals surface area contributed by atoms with Gasteiger partial charge in [-0.3, -0.25) is 4.90 Å². The molecule has 0 bridgehead atoms. The van der Waals surface area contributed by atoms with Crippen molar-refractivity contribution in [1.29, 1.82) is 0 Å². The van der Waals surface area contributed by atoms with E-state index in [0.29, 0.717) is 5.89 Å². The lowest BCUT2D eigenvalue weighted by atomic mass is 9.93. The van der Waals surface area contributed by atoms with E-state index in [4.69, 9.17) is 4.42 Å². The summed E-state index contributed by atoms with van der Waals surface area (Å²) in [5, 5.41) is 11.1. The van der Waals surface area contributed by atoms with E-state index >= 15 is 0 Å². The largest absolute Gasteiger partial charge is 0.424 e. The molecular formula is C12H22N4O. The molecule has 5 heteroatoms. The van der Waals surface area contributed by atoms with Gasteiger partial charge in [0.2, 0.25) is 11.8 Å². The highest BCUT2D eigenvalue weighted by molar-refractivity contribution is 4.81. The van der Waals surface area contributed by atoms with Gasteiger partial charge in [0.05, 0.1) is 6.54 Å². The van der Waals surface area contributed by atoms with E-state index in [1.807, 2.05) is 14.0 Å². The molecule has 0 atom stereocenters. The van der Waals surface area contributed by atoms with Gasteiger partial charge in [0, 0.05) is 6.92 Å². The van der Waals surface area contributed by atoms with Gasteiger partial charge < -0.3 is 9.73 Å². The molecule has 0 aliphatic carbocycles. The van der Waals surface area contributed by atoms with E-state index in [9.17, 15) is 0 Å². The van der Waals surface area contributed by atoms with Gasteiger partial charge >= 0.3 is 0 Å². The summed E-state index contributed by atoms with van der Waals surface area (Å²) in [6, 6.07) is 0. The Morgan fingerprint density at radius 2 is 2.12 bits per heavy atom. The smallest absolute Gasteiger partial charge is 0.230 e. The van der Waals surface area contributed by atoms with E-state index in [1.54, 1.807) is 0 Å². The predicted molar refractivity (Wildman–Crippen MR) is 65.6 cm³/mol. The zero-order chi connectivity index (χ0) is 12.1. The van der Waals surface area contributed by atoms with Crippen LogP contribution in [0.2, 0.25) is 0 Å². The zero-order valence-electron chi connectivity index (χ0n) is 10.8. The van der Waals surface area contributed by atoms with E-state index in [0.717, 1.165) is 38.0 Å². The molecule has 1 aromatic heterocycles. The molecule has 1 aliphatic heterocycles. The van der Waals surface area contributed by atoms with Crippen LogP contribution in [0.3, 0.4) is 0 Å². The van der Waals surface area contributed by atoms with E-state index in [2.05, 4.69) is 20.4 Å². The van der Waals surface area contributed by atoms with Gasteiger partial charge in [-0.25, -0.2) is 0 Å². The molecule has 1 N–H and O–H groups in total. The number of nitrogens with one attached hydrogen (secondary N) is 1. The summed E-state index contributed by atoms with van der Waals surface area (Å²) in [6.07, 6.45) is 3.87. The van der Waals surface area contributed by atoms with Crippen molar-refractivity contribution in [2.24, 2.45) is 5.92 Å². The number of aromatic nitrogens is 2. The second-order valence-corrected chi connectivity index (χ2v) is 4.83. The standard InChI is InChI=1S/C12H22N4O/c1-10-14-15-12(17-10)9-16-7-4-11(5-8-16)3-6-13-2/h11,13H,3-9H2,1-2H3. The molecule has 0 unspecified atom stereocenters. The summed E-state index contributed by atoms with van der Waals surface area (Å²) in [6.45, 7) is 6.07. The van der Waals surface area contributed by atoms with Gasteiger partial charge in [-0.2, -0.15) is 0 Å². The van der Waals surface area contributed by atoms with Gasteiger partial charge in [-0.15, -0.1) is 10.2 Å². The molecule has 0 spiro atoms. The SMILES string of the molecule is CNCCC1CCN(Cc2nnc(C)o2)CC1. The predicted octanol–water partition coefficient (Wildman–Crippen LogP) is 1.20. The van der Waals surface area contributed by atoms with E-state index in [1.165, 1.54) is 19.3 Å². The molecule has 0 amide bonds. The lowest BCUT2D eigenvalue weighted by Gasteiger charge is -2.30. The molecule has 0 aromatic carbocycles. The molecule has 0 saturated carbocycles. The number of hydrogen-bond donors (Lipinski definition) is 1. The third-order valence-electron chi connectivity index (χ3n) is 3.44. The second kappa shape index (κ2) is 6.12. The van der Waals surface area contributed by atoms with Crippen LogP contribution in [-0.4, -0.2) is 41.8 Å². The number of likely N-dealkylation sites (tertiary alicyclic amines) is 1. The quantitative estimate of drug-likeness (QED) is 0.835. The zero-order valence-corrected chi connectivity index (χ0v) is 10.8. The highest BCUT2D eigenvalue weighted by Gasteiger charge is 2.20. The maximum Gasteiger partial charge on any atom is 0.230 e. The molecule has 2 heterocycles. The lowest BCUT2D eigenvalue weighted by molar-refractivity contribution is 0.159. The van der Waals surface area contributed by atoms with Crippen LogP contribution in [0.25, 0.3) is 0 Å². The first kappa shape index (κ1) is 12.5. The van der Waals surface area contributed by atoms with Crippen molar-refractivity contribution >= 4 is 0 Å². The Balaban J connectivity index is 1.72. The minimum absolute atomic E-state index is 0.656. The van der Waals surface area contributed by atoms with Gasteiger partial charge in [0.15, 0.2) is 0 Å². The Kier molecular flexibility index (Phi) is 4.50. The Labute approximate surface area is 103 Å². The van der Waals surface area contributed by atoms with Crippen molar-refractivity contribution in [3.05, 3.63) is 11.8 Å². The first-order valence-corrected chi connectivity index (χ1v) is 6.44. The molecule has 0 radical (unpaired) electrons. The van der Waals surface area contributed by atoms with Crippen molar-refractivity contribution in [3.63, 3.8) is 0 Å². The van der Waals surface area contributed by atoms with Gasteiger partial charge in [0.1, 0.15) is 0 Å². The van der Waals surface area contributed by atoms with Crippen molar-refractivity contribution in [2.45, 2.75) is 32.7 Å². The van der Waals surface area contributed by atoms with Crippen LogP contribution in [0.15, 0.2) is 4.42 Å². The maximum atomic E-state index is 5.40. The monoisotopic (exact) mass is 238 g/mol. The minimum Gasteiger partial charge on any atom is -0.424 e. The van der Waals surface area contributed by atoms with Gasteiger partial charge in [0.25, 0.3) is 0 Å². The molecule has 1 fully saturated rings. The average molecular weight is 238 g/mol. The van der Waals surface area contributed by atoms with Crippen LogP contribution in [0.1, 0.15) is 31.0 Å². The fourth-order valence-corrected chi connectivity index (χ4v) is 2.37. The summed E-state index contributed by atoms with van der Waals surface area (Å²) in [7, 11) is 2.02. The van der Waals surface area contributed by atoms with Crippen molar-refractivity contribution in [1.82, 2.24) is 20.4 Å². The fourth-order valence-electron chi connectivity index (χ4n) is 2.37. The van der Waals surface area contributed by atoms with Crippen LogP contribution in [-0.2, 0) is 6.54 Å². The molecule has 1 saturated heterocycles. The Morgan fingerprint density at radius 3 is 2.71 bits per heavy atom. The van der Waals surface area contributed by atoms with Crippen LogP contribution >= 0.6 is 0 Å². The molecule has 1 aromatic rings. The number of piperidine rings is 1. The molecule has 96 valence electrons. The van der Waals surface area contributed by atoms with Crippen molar-refractivity contribution in [2.75, 3.05) is 26.7 Å². The number of rotatable bonds is 5. The molecular weight excluding hydrogens is 216 g/mol. The van der Waals surface area contributed by atoms with Crippen molar-refractivity contribution in [3.8, 4) is 0 Å². The Morgan fingerprint density at radius 1 is 1.35 bits per heavy atom. The molecule has 1 aliphatic rings. The normalized spacial score (nSPS) is 18.7. The fraction of sp³-hybridized carbons (Fsp3) is 0.833. The first-order valence-electron chi connectivity index (χ1n) is 6.44. The minimum atomic E-state index is 0.656. The average Bonchev–Trinajstić information content (AvgIpc) is 2.74. The van der Waals surface area contributed by atoms with Gasteiger partial charge in [-0.1, -0.05) is 0 Å². The molecule has 17 heavy (non-hydrogen) atoms. The van der Waals surface area contributed by atoms with E-state index in [-0.39, 0.29) is 0 Å². The molecule has 5 nitrogen and oxygen atoms in total. The lowest BCUT2D eigenvalue weighted by Crippen LogP contribution is -2.34. The van der Waals surface area contributed by atoms with Crippen LogP contribution in [0.4, 0.5) is 0 Å². The highest BCUT2D eigenvalue weighted by Crippen LogP contribution is 2.21. The summed E-state index contributed by atoms with van der Waals surface area (Å²) in [4.78, 5) is 2.41. The first-order chi connectivity index (χ1) is 8.28. The third-order valence-corrected chi connectivity index (χ3v) is 3.44. The van der Waals surface area contributed by atoms with Crippen LogP contribution < -0.4 is 5.32 Å². The second-order valence-electron chi connectivity index (χ2n) is 4.83. The summed E-state index contributed by atoms with van der Waals surface area (Å²) < 4.78 is 5.40. The number of aryl methyl sites for hydroxylation is 1. The van der Waals surface area contributed by atoms with E-state index < -0.39 is 0 Å². The van der Waals surface area contributed by atoms with Crippen molar-refractivity contribution < 1.29 is 4.42 Å². The number of nitrogens with zero attached hydrogens (tertiary/aromatic N) is 3. The summed E-state index contributed by atoms with van der Waals surface area (Å²) in [5.41, 5.74) is 0.